The number of nitrogens with one attached hydrogen (secondary N) is 2. The molecule has 0 saturated carbocycles. The lowest BCUT2D eigenvalue weighted by Gasteiger charge is -2.18. The predicted molar refractivity (Wildman–Crippen MR) is 77.8 cm³/mol. The van der Waals surface area contributed by atoms with Crippen molar-refractivity contribution in [2.24, 2.45) is 0 Å². The number of halogens is 1. The lowest BCUT2D eigenvalue weighted by atomic mass is 10.1. The van der Waals surface area contributed by atoms with E-state index in [2.05, 4.69) is 33.2 Å². The molecule has 0 bridgehead atoms. The Bertz CT molecular complexity index is 422. The molecule has 1 aliphatic rings. The summed E-state index contributed by atoms with van der Waals surface area (Å²) in [5.41, 5.74) is 7.54. The summed E-state index contributed by atoms with van der Waals surface area (Å²) in [6, 6.07) is 5.64. The average molecular weight is 345 g/mol. The van der Waals surface area contributed by atoms with E-state index in [1.807, 2.05) is 18.2 Å². The quantitative estimate of drug-likeness (QED) is 0.567. The number of carbonyl (C=O) groups is 1. The van der Waals surface area contributed by atoms with Gasteiger partial charge in [-0.05, 0) is 54.0 Å². The van der Waals surface area contributed by atoms with Crippen LogP contribution < -0.4 is 16.4 Å². The molecule has 1 saturated heterocycles. The molecule has 0 spiro atoms. The SMILES string of the molecule is Nc1c(I)cccc1NC1CCCCNC1=O. The molecule has 4 N–H and O–H groups in total. The maximum absolute atomic E-state index is 11.8. The Morgan fingerprint density at radius 1 is 1.41 bits per heavy atom. The van der Waals surface area contributed by atoms with Crippen LogP contribution in [0.4, 0.5) is 11.4 Å². The number of benzene rings is 1. The number of hydrogen-bond donors (Lipinski definition) is 3. The Balaban J connectivity index is 2.13. The number of carbonyl (C=O) groups excluding carboxylic acids is 1. The Hall–Kier alpha value is -0.980. The van der Waals surface area contributed by atoms with Crippen molar-refractivity contribution >= 4 is 39.9 Å². The van der Waals surface area contributed by atoms with Crippen LogP contribution in [0.3, 0.4) is 0 Å². The van der Waals surface area contributed by atoms with Crippen LogP contribution in [0.25, 0.3) is 0 Å². The normalized spacial score (nSPS) is 20.5. The second kappa shape index (κ2) is 5.57. The molecule has 1 fully saturated rings. The lowest BCUT2D eigenvalue weighted by molar-refractivity contribution is -0.121. The van der Waals surface area contributed by atoms with Gasteiger partial charge in [-0.2, -0.15) is 0 Å². The fourth-order valence-corrected chi connectivity index (χ4v) is 2.43. The number of rotatable bonds is 2. The molecule has 0 radical (unpaired) electrons. The van der Waals surface area contributed by atoms with Crippen molar-refractivity contribution in [1.82, 2.24) is 5.32 Å². The molecular weight excluding hydrogens is 329 g/mol. The van der Waals surface area contributed by atoms with E-state index in [4.69, 9.17) is 5.73 Å². The van der Waals surface area contributed by atoms with Crippen molar-refractivity contribution in [2.75, 3.05) is 17.6 Å². The molecule has 0 aromatic heterocycles. The smallest absolute Gasteiger partial charge is 0.242 e. The predicted octanol–water partition coefficient (Wildman–Crippen LogP) is 1.95. The standard InChI is InChI=1S/C12H16IN3O/c13-8-4-3-6-9(11(8)14)16-10-5-1-2-7-15-12(10)17/h3-4,6,10,16H,1-2,5,7,14H2,(H,15,17). The Kier molecular flexibility index (Phi) is 4.09. The fraction of sp³-hybridized carbons (Fsp3) is 0.417. The molecule has 5 heteroatoms. The van der Waals surface area contributed by atoms with E-state index in [1.165, 1.54) is 0 Å². The van der Waals surface area contributed by atoms with Gasteiger partial charge in [0.1, 0.15) is 6.04 Å². The van der Waals surface area contributed by atoms with Crippen LogP contribution in [-0.4, -0.2) is 18.5 Å². The van der Waals surface area contributed by atoms with Crippen LogP contribution >= 0.6 is 22.6 Å². The first-order valence-corrected chi connectivity index (χ1v) is 6.84. The van der Waals surface area contributed by atoms with Gasteiger partial charge in [0.2, 0.25) is 5.91 Å². The van der Waals surface area contributed by atoms with Crippen LogP contribution in [0.15, 0.2) is 18.2 Å². The molecule has 1 aromatic rings. The minimum Gasteiger partial charge on any atom is -0.396 e. The van der Waals surface area contributed by atoms with Crippen molar-refractivity contribution in [3.8, 4) is 0 Å². The van der Waals surface area contributed by atoms with Gasteiger partial charge >= 0.3 is 0 Å². The molecule has 1 aromatic carbocycles. The van der Waals surface area contributed by atoms with E-state index in [0.29, 0.717) is 5.69 Å². The number of para-hydroxylation sites is 1. The van der Waals surface area contributed by atoms with Gasteiger partial charge in [-0.1, -0.05) is 6.07 Å². The van der Waals surface area contributed by atoms with Gasteiger partial charge in [-0.15, -0.1) is 0 Å². The average Bonchev–Trinajstić information content (AvgIpc) is 2.51. The minimum atomic E-state index is -0.169. The zero-order chi connectivity index (χ0) is 12.3. The first-order valence-electron chi connectivity index (χ1n) is 5.76. The van der Waals surface area contributed by atoms with Crippen molar-refractivity contribution in [1.29, 1.82) is 0 Å². The van der Waals surface area contributed by atoms with E-state index >= 15 is 0 Å². The molecule has 1 heterocycles. The van der Waals surface area contributed by atoms with Crippen molar-refractivity contribution in [3.63, 3.8) is 0 Å². The van der Waals surface area contributed by atoms with Crippen molar-refractivity contribution in [3.05, 3.63) is 21.8 Å². The van der Waals surface area contributed by atoms with Crippen molar-refractivity contribution < 1.29 is 4.79 Å². The molecular formula is C12H16IN3O. The summed E-state index contributed by atoms with van der Waals surface area (Å²) in [6.45, 7) is 0.777. The van der Waals surface area contributed by atoms with E-state index in [-0.39, 0.29) is 11.9 Å². The topological polar surface area (TPSA) is 67.2 Å². The van der Waals surface area contributed by atoms with Crippen LogP contribution in [0.5, 0.6) is 0 Å². The van der Waals surface area contributed by atoms with E-state index in [1.54, 1.807) is 0 Å². The Morgan fingerprint density at radius 2 is 2.24 bits per heavy atom. The summed E-state index contributed by atoms with van der Waals surface area (Å²) in [5.74, 6) is 0.0701. The maximum Gasteiger partial charge on any atom is 0.242 e. The maximum atomic E-state index is 11.8. The summed E-state index contributed by atoms with van der Waals surface area (Å²) in [7, 11) is 0. The monoisotopic (exact) mass is 345 g/mol. The first kappa shape index (κ1) is 12.5. The third kappa shape index (κ3) is 3.02. The fourth-order valence-electron chi connectivity index (χ4n) is 1.93. The number of anilines is 2. The van der Waals surface area contributed by atoms with Crippen molar-refractivity contribution in [2.45, 2.75) is 25.3 Å². The van der Waals surface area contributed by atoms with E-state index in [0.717, 1.165) is 35.1 Å². The second-order valence-corrected chi connectivity index (χ2v) is 5.35. The third-order valence-electron chi connectivity index (χ3n) is 2.92. The zero-order valence-corrected chi connectivity index (χ0v) is 11.7. The molecule has 1 aliphatic heterocycles. The third-order valence-corrected chi connectivity index (χ3v) is 3.86. The molecule has 0 aliphatic carbocycles. The van der Waals surface area contributed by atoms with Gasteiger partial charge in [-0.25, -0.2) is 0 Å². The van der Waals surface area contributed by atoms with Gasteiger partial charge in [0.05, 0.1) is 11.4 Å². The lowest BCUT2D eigenvalue weighted by Crippen LogP contribution is -2.38. The van der Waals surface area contributed by atoms with E-state index < -0.39 is 0 Å². The van der Waals surface area contributed by atoms with Gasteiger partial charge in [0, 0.05) is 10.1 Å². The number of nitrogens with two attached hydrogens (primary N) is 1. The highest BCUT2D eigenvalue weighted by molar-refractivity contribution is 14.1. The summed E-state index contributed by atoms with van der Waals surface area (Å²) in [5, 5.41) is 6.14. The summed E-state index contributed by atoms with van der Waals surface area (Å²) in [6.07, 6.45) is 2.96. The van der Waals surface area contributed by atoms with Crippen LogP contribution in [0, 0.1) is 3.57 Å². The van der Waals surface area contributed by atoms with Gasteiger partial charge in [-0.3, -0.25) is 4.79 Å². The molecule has 1 unspecified atom stereocenters. The Morgan fingerprint density at radius 3 is 3.06 bits per heavy atom. The highest BCUT2D eigenvalue weighted by Gasteiger charge is 2.20. The van der Waals surface area contributed by atoms with Gasteiger partial charge < -0.3 is 16.4 Å². The Labute approximate surface area is 114 Å². The molecule has 17 heavy (non-hydrogen) atoms. The molecule has 1 amide bonds. The molecule has 1 atom stereocenters. The molecule has 4 nitrogen and oxygen atoms in total. The van der Waals surface area contributed by atoms with E-state index in [9.17, 15) is 4.79 Å². The highest BCUT2D eigenvalue weighted by atomic mass is 127. The highest BCUT2D eigenvalue weighted by Crippen LogP contribution is 2.25. The summed E-state index contributed by atoms with van der Waals surface area (Å²) in [4.78, 5) is 11.8. The minimum absolute atomic E-state index is 0.0701. The summed E-state index contributed by atoms with van der Waals surface area (Å²) >= 11 is 2.19. The van der Waals surface area contributed by atoms with Crippen LogP contribution in [0.1, 0.15) is 19.3 Å². The number of nitrogen functional groups attached to an aromatic ring is 1. The van der Waals surface area contributed by atoms with Gasteiger partial charge in [0.15, 0.2) is 0 Å². The van der Waals surface area contributed by atoms with Gasteiger partial charge in [0.25, 0.3) is 0 Å². The summed E-state index contributed by atoms with van der Waals surface area (Å²) < 4.78 is 1.00. The molecule has 92 valence electrons. The first-order chi connectivity index (χ1) is 8.18. The van der Waals surface area contributed by atoms with Crippen LogP contribution in [0.2, 0.25) is 0 Å². The second-order valence-electron chi connectivity index (χ2n) is 4.18. The number of hydrogen-bond acceptors (Lipinski definition) is 3. The zero-order valence-electron chi connectivity index (χ0n) is 9.50. The molecule has 2 rings (SSSR count). The largest absolute Gasteiger partial charge is 0.396 e. The number of amides is 1. The van der Waals surface area contributed by atoms with Crippen LogP contribution in [-0.2, 0) is 4.79 Å².